The molecule has 138 valence electrons. The van der Waals surface area contributed by atoms with Crippen LogP contribution in [-0.4, -0.2) is 30.0 Å². The molecule has 1 heterocycles. The van der Waals surface area contributed by atoms with Crippen molar-refractivity contribution in [1.29, 1.82) is 0 Å². The number of nitrogens with zero attached hydrogens (tertiary/aromatic N) is 2. The molecule has 26 heavy (non-hydrogen) atoms. The Morgan fingerprint density at radius 1 is 1.00 bits per heavy atom. The number of fused-ring (bicyclic) bond motifs is 1. The van der Waals surface area contributed by atoms with Crippen molar-refractivity contribution in [2.75, 3.05) is 20.2 Å². The van der Waals surface area contributed by atoms with Crippen molar-refractivity contribution >= 4 is 10.9 Å². The van der Waals surface area contributed by atoms with E-state index in [1.54, 1.807) is 0 Å². The summed E-state index contributed by atoms with van der Waals surface area (Å²) < 4.78 is 7.83. The van der Waals surface area contributed by atoms with E-state index in [1.807, 2.05) is 30.9 Å². The highest BCUT2D eigenvalue weighted by Crippen LogP contribution is 2.29. The van der Waals surface area contributed by atoms with Gasteiger partial charge in [0.25, 0.3) is 0 Å². The predicted molar refractivity (Wildman–Crippen MR) is 109 cm³/mol. The minimum atomic E-state index is 0.782. The van der Waals surface area contributed by atoms with Crippen molar-refractivity contribution in [1.82, 2.24) is 15.1 Å². The molecule has 0 spiro atoms. The summed E-state index contributed by atoms with van der Waals surface area (Å²) in [6.07, 6.45) is 4.83. The van der Waals surface area contributed by atoms with E-state index in [4.69, 9.17) is 9.84 Å². The topological polar surface area (TPSA) is 39.1 Å². The number of hydrogen-bond donors (Lipinski definition) is 1. The lowest BCUT2D eigenvalue weighted by Crippen LogP contribution is -2.07. The Hall–Kier alpha value is -2.33. The van der Waals surface area contributed by atoms with E-state index in [1.165, 1.54) is 35.7 Å². The summed E-state index contributed by atoms with van der Waals surface area (Å²) in [6.45, 7) is 3.99. The normalized spacial score (nSPS) is 11.2. The van der Waals surface area contributed by atoms with Crippen molar-refractivity contribution in [2.45, 2.75) is 32.6 Å². The molecule has 0 saturated carbocycles. The summed E-state index contributed by atoms with van der Waals surface area (Å²) in [5, 5.41) is 9.08. The Labute approximate surface area is 156 Å². The predicted octanol–water partition coefficient (Wildman–Crippen LogP) is 4.71. The van der Waals surface area contributed by atoms with Crippen LogP contribution in [-0.2, 0) is 7.05 Å². The van der Waals surface area contributed by atoms with Crippen LogP contribution in [0, 0.1) is 6.92 Å². The molecule has 4 heteroatoms. The average Bonchev–Trinajstić information content (AvgIpc) is 2.98. The fraction of sp³-hybridized carbons (Fsp3) is 0.409. The van der Waals surface area contributed by atoms with Gasteiger partial charge in [0.2, 0.25) is 0 Å². The van der Waals surface area contributed by atoms with Gasteiger partial charge in [0.1, 0.15) is 11.4 Å². The maximum absolute atomic E-state index is 5.87. The molecular weight excluding hydrogens is 322 g/mol. The Morgan fingerprint density at radius 3 is 2.54 bits per heavy atom. The van der Waals surface area contributed by atoms with E-state index in [2.05, 4.69) is 42.6 Å². The molecule has 0 unspecified atom stereocenters. The second-order valence-corrected chi connectivity index (χ2v) is 6.88. The van der Waals surface area contributed by atoms with Crippen molar-refractivity contribution in [3.8, 4) is 17.0 Å². The highest BCUT2D eigenvalue weighted by atomic mass is 16.5. The first-order valence-electron chi connectivity index (χ1n) is 9.50. The number of hydrogen-bond acceptors (Lipinski definition) is 3. The fourth-order valence-corrected chi connectivity index (χ4v) is 3.24. The third kappa shape index (κ3) is 4.44. The van der Waals surface area contributed by atoms with Crippen molar-refractivity contribution < 1.29 is 4.74 Å². The van der Waals surface area contributed by atoms with Crippen molar-refractivity contribution in [3.63, 3.8) is 0 Å². The molecule has 2 aromatic carbocycles. The molecular formula is C22H29N3O. The van der Waals surface area contributed by atoms with Gasteiger partial charge in [0.05, 0.1) is 12.1 Å². The number of nitrogens with one attached hydrogen (secondary N) is 1. The Balaban J connectivity index is 1.60. The SMILES string of the molecule is CNCCCCCCOc1ccc(-c2nn(C)c3cc(C)ccc23)cc1. The first-order valence-corrected chi connectivity index (χ1v) is 9.50. The Bertz CT molecular complexity index is 836. The van der Waals surface area contributed by atoms with Crippen LogP contribution in [0.5, 0.6) is 5.75 Å². The minimum Gasteiger partial charge on any atom is -0.494 e. The van der Waals surface area contributed by atoms with Gasteiger partial charge in [0, 0.05) is 18.0 Å². The van der Waals surface area contributed by atoms with Crippen LogP contribution in [0.25, 0.3) is 22.2 Å². The van der Waals surface area contributed by atoms with Gasteiger partial charge in [-0.25, -0.2) is 0 Å². The maximum Gasteiger partial charge on any atom is 0.119 e. The summed E-state index contributed by atoms with van der Waals surface area (Å²) in [5.41, 5.74) is 4.57. The molecule has 0 atom stereocenters. The Kier molecular flexibility index (Phi) is 6.29. The number of benzene rings is 2. The van der Waals surface area contributed by atoms with Gasteiger partial charge in [-0.1, -0.05) is 25.0 Å². The van der Waals surface area contributed by atoms with Gasteiger partial charge >= 0.3 is 0 Å². The van der Waals surface area contributed by atoms with Crippen LogP contribution in [0.1, 0.15) is 31.2 Å². The molecule has 0 aliphatic rings. The first kappa shape index (κ1) is 18.5. The van der Waals surface area contributed by atoms with Gasteiger partial charge < -0.3 is 10.1 Å². The molecule has 1 aromatic heterocycles. The summed E-state index contributed by atoms with van der Waals surface area (Å²) in [5.74, 6) is 0.931. The molecule has 0 aliphatic carbocycles. The first-order chi connectivity index (χ1) is 12.7. The molecule has 0 bridgehead atoms. The van der Waals surface area contributed by atoms with Crippen LogP contribution >= 0.6 is 0 Å². The van der Waals surface area contributed by atoms with Gasteiger partial charge in [-0.05, 0) is 69.3 Å². The number of unbranched alkanes of at least 4 members (excludes halogenated alkanes) is 3. The maximum atomic E-state index is 5.87. The van der Waals surface area contributed by atoms with Crippen LogP contribution in [0.4, 0.5) is 0 Å². The molecule has 3 rings (SSSR count). The quantitative estimate of drug-likeness (QED) is 0.568. The summed E-state index contributed by atoms with van der Waals surface area (Å²) >= 11 is 0. The third-order valence-corrected chi connectivity index (χ3v) is 4.72. The van der Waals surface area contributed by atoms with Gasteiger partial charge in [-0.2, -0.15) is 5.10 Å². The molecule has 3 aromatic rings. The zero-order valence-corrected chi connectivity index (χ0v) is 16.1. The minimum absolute atomic E-state index is 0.782. The Morgan fingerprint density at radius 2 is 1.77 bits per heavy atom. The van der Waals surface area contributed by atoms with Gasteiger partial charge in [-0.3, -0.25) is 4.68 Å². The van der Waals surface area contributed by atoms with E-state index < -0.39 is 0 Å². The molecule has 0 amide bonds. The number of rotatable bonds is 9. The fourth-order valence-electron chi connectivity index (χ4n) is 3.24. The standard InChI is InChI=1S/C22H29N3O/c1-17-8-13-20-21(16-17)25(3)24-22(20)18-9-11-19(12-10-18)26-15-7-5-4-6-14-23-2/h8-13,16,23H,4-7,14-15H2,1-3H3. The number of aromatic nitrogens is 2. The van der Waals surface area contributed by atoms with Crippen LogP contribution in [0.15, 0.2) is 42.5 Å². The average molecular weight is 351 g/mol. The van der Waals surface area contributed by atoms with Gasteiger partial charge in [-0.15, -0.1) is 0 Å². The number of ether oxygens (including phenoxy) is 1. The molecule has 4 nitrogen and oxygen atoms in total. The summed E-state index contributed by atoms with van der Waals surface area (Å²) in [7, 11) is 4.00. The molecule has 0 saturated heterocycles. The zero-order valence-electron chi connectivity index (χ0n) is 16.1. The molecule has 1 N–H and O–H groups in total. The van der Waals surface area contributed by atoms with Crippen LogP contribution in [0.3, 0.4) is 0 Å². The third-order valence-electron chi connectivity index (χ3n) is 4.72. The van der Waals surface area contributed by atoms with E-state index in [0.29, 0.717) is 0 Å². The second kappa shape index (κ2) is 8.86. The monoisotopic (exact) mass is 351 g/mol. The van der Waals surface area contributed by atoms with Gasteiger partial charge in [0.15, 0.2) is 0 Å². The molecule has 0 radical (unpaired) electrons. The highest BCUT2D eigenvalue weighted by molar-refractivity contribution is 5.93. The van der Waals surface area contributed by atoms with Crippen molar-refractivity contribution in [2.24, 2.45) is 7.05 Å². The highest BCUT2D eigenvalue weighted by Gasteiger charge is 2.10. The van der Waals surface area contributed by atoms with Crippen molar-refractivity contribution in [3.05, 3.63) is 48.0 Å². The van der Waals surface area contributed by atoms with E-state index in [0.717, 1.165) is 36.6 Å². The lowest BCUT2D eigenvalue weighted by Gasteiger charge is -2.07. The summed E-state index contributed by atoms with van der Waals surface area (Å²) in [6, 6.07) is 14.8. The van der Waals surface area contributed by atoms with Crippen LogP contribution in [0.2, 0.25) is 0 Å². The lowest BCUT2D eigenvalue weighted by molar-refractivity contribution is 0.304. The lowest BCUT2D eigenvalue weighted by atomic mass is 10.1. The molecule has 0 aliphatic heterocycles. The van der Waals surface area contributed by atoms with E-state index in [-0.39, 0.29) is 0 Å². The number of aryl methyl sites for hydroxylation is 2. The summed E-state index contributed by atoms with van der Waals surface area (Å²) in [4.78, 5) is 0. The van der Waals surface area contributed by atoms with Crippen LogP contribution < -0.4 is 10.1 Å². The smallest absolute Gasteiger partial charge is 0.119 e. The zero-order chi connectivity index (χ0) is 18.4. The second-order valence-electron chi connectivity index (χ2n) is 6.88. The van der Waals surface area contributed by atoms with E-state index in [9.17, 15) is 0 Å². The molecule has 0 fully saturated rings. The van der Waals surface area contributed by atoms with E-state index >= 15 is 0 Å². The largest absolute Gasteiger partial charge is 0.494 e.